The largest absolute Gasteiger partial charge is 0.478 e. The first-order valence-corrected chi connectivity index (χ1v) is 2.54. The monoisotopic (exact) mass is 142 g/mol. The fourth-order valence-corrected chi connectivity index (χ4v) is 0.537. The maximum atomic E-state index is 10.5. The summed E-state index contributed by atoms with van der Waals surface area (Å²) in [5.41, 5.74) is 5.07. The first kappa shape index (κ1) is 6.60. The fraction of sp³-hybridized carbons (Fsp3) is 0.200. The van der Waals surface area contributed by atoms with E-state index in [2.05, 4.69) is 14.4 Å². The van der Waals surface area contributed by atoms with Gasteiger partial charge in [-0.1, -0.05) is 0 Å². The number of carbonyl (C=O) groups is 1. The number of carbonyl (C=O) groups excluding carboxylic acids is 1. The van der Waals surface area contributed by atoms with Gasteiger partial charge in [-0.3, -0.25) is 4.79 Å². The second-order valence-electron chi connectivity index (χ2n) is 1.60. The first-order valence-electron chi connectivity index (χ1n) is 2.54. The van der Waals surface area contributed by atoms with E-state index in [1.165, 1.54) is 7.11 Å². The molecule has 1 rings (SSSR count). The lowest BCUT2D eigenvalue weighted by atomic mass is 10.3. The topological polar surface area (TPSA) is 78.3 Å². The molecule has 1 aromatic rings. The van der Waals surface area contributed by atoms with Crippen LogP contribution in [0.15, 0.2) is 10.8 Å². The molecule has 54 valence electrons. The summed E-state index contributed by atoms with van der Waals surface area (Å²) in [4.78, 5) is 10.5. The summed E-state index contributed by atoms with van der Waals surface area (Å²) in [6, 6.07) is 0. The zero-order valence-corrected chi connectivity index (χ0v) is 5.33. The Bertz CT molecular complexity index is 243. The average molecular weight is 142 g/mol. The third kappa shape index (κ3) is 0.928. The number of rotatable bonds is 2. The Labute approximate surface area is 56.7 Å². The van der Waals surface area contributed by atoms with Gasteiger partial charge in [0.25, 0.3) is 11.8 Å². The molecule has 0 bridgehead atoms. The van der Waals surface area contributed by atoms with Crippen molar-refractivity contribution in [3.05, 3.63) is 11.8 Å². The molecule has 0 fully saturated rings. The van der Waals surface area contributed by atoms with Gasteiger partial charge in [0.1, 0.15) is 11.8 Å². The maximum absolute atomic E-state index is 10.5. The van der Waals surface area contributed by atoms with Crippen molar-refractivity contribution in [3.8, 4) is 5.88 Å². The van der Waals surface area contributed by atoms with E-state index in [1.54, 1.807) is 0 Å². The lowest BCUT2D eigenvalue weighted by Crippen LogP contribution is -2.10. The summed E-state index contributed by atoms with van der Waals surface area (Å²) >= 11 is 0. The molecule has 5 nitrogen and oxygen atoms in total. The number of hydrogen-bond donors (Lipinski definition) is 1. The van der Waals surface area contributed by atoms with E-state index in [4.69, 9.17) is 5.73 Å². The van der Waals surface area contributed by atoms with Crippen LogP contribution in [0.1, 0.15) is 10.4 Å². The number of nitrogens with two attached hydrogens (primary N) is 1. The number of methoxy groups -OCH3 is 1. The van der Waals surface area contributed by atoms with Gasteiger partial charge in [0, 0.05) is 0 Å². The molecule has 5 heteroatoms. The van der Waals surface area contributed by atoms with Crippen LogP contribution < -0.4 is 10.5 Å². The van der Waals surface area contributed by atoms with Gasteiger partial charge >= 0.3 is 0 Å². The van der Waals surface area contributed by atoms with Crippen LogP contribution in [0, 0.1) is 0 Å². The Balaban J connectivity index is 3.01. The van der Waals surface area contributed by atoms with Crippen LogP contribution in [0.2, 0.25) is 0 Å². The lowest BCUT2D eigenvalue weighted by Gasteiger charge is -1.91. The minimum absolute atomic E-state index is 0.118. The van der Waals surface area contributed by atoms with Crippen molar-refractivity contribution in [2.75, 3.05) is 7.11 Å². The Hall–Kier alpha value is -1.52. The summed E-state index contributed by atoms with van der Waals surface area (Å²) < 4.78 is 9.06. The van der Waals surface area contributed by atoms with Crippen LogP contribution >= 0.6 is 0 Å². The molecule has 0 unspecified atom stereocenters. The molecule has 0 aromatic carbocycles. The molecule has 0 aliphatic carbocycles. The number of hydrogen-bond acceptors (Lipinski definition) is 4. The SMILES string of the molecule is COc1nocc1C(N)=O. The van der Waals surface area contributed by atoms with Gasteiger partial charge in [0.15, 0.2) is 0 Å². The van der Waals surface area contributed by atoms with Crippen molar-refractivity contribution in [2.45, 2.75) is 0 Å². The standard InChI is InChI=1S/C5H6N2O3/c1-9-5-3(4(6)8)2-10-7-5/h2H,1H3,(H2,6,8). The highest BCUT2D eigenvalue weighted by molar-refractivity contribution is 5.94. The Kier molecular flexibility index (Phi) is 1.57. The van der Waals surface area contributed by atoms with Crippen LogP contribution in [0.5, 0.6) is 5.88 Å². The van der Waals surface area contributed by atoms with Crippen molar-refractivity contribution >= 4 is 5.91 Å². The molecular weight excluding hydrogens is 136 g/mol. The molecule has 1 heterocycles. The Morgan fingerprint density at radius 2 is 2.60 bits per heavy atom. The molecule has 1 amide bonds. The Morgan fingerprint density at radius 3 is 3.00 bits per heavy atom. The van der Waals surface area contributed by atoms with Gasteiger partial charge in [-0.25, -0.2) is 0 Å². The summed E-state index contributed by atoms with van der Waals surface area (Å²) in [6.07, 6.45) is 1.14. The number of ether oxygens (including phenoxy) is 1. The minimum atomic E-state index is -0.613. The molecule has 2 N–H and O–H groups in total. The van der Waals surface area contributed by atoms with Gasteiger partial charge in [-0.2, -0.15) is 0 Å². The zero-order valence-electron chi connectivity index (χ0n) is 5.33. The van der Waals surface area contributed by atoms with Crippen LogP contribution in [-0.2, 0) is 0 Å². The third-order valence-corrected chi connectivity index (χ3v) is 0.995. The molecule has 0 radical (unpaired) electrons. The van der Waals surface area contributed by atoms with Gasteiger partial charge in [-0.05, 0) is 5.16 Å². The molecule has 10 heavy (non-hydrogen) atoms. The first-order chi connectivity index (χ1) is 4.75. The van der Waals surface area contributed by atoms with Gasteiger partial charge in [-0.15, -0.1) is 0 Å². The molecule has 0 spiro atoms. The molecule has 0 atom stereocenters. The number of amides is 1. The van der Waals surface area contributed by atoms with Crippen molar-refractivity contribution < 1.29 is 14.1 Å². The highest BCUT2D eigenvalue weighted by atomic mass is 16.5. The predicted molar refractivity (Wildman–Crippen MR) is 31.6 cm³/mol. The van der Waals surface area contributed by atoms with Crippen LogP contribution in [0.4, 0.5) is 0 Å². The third-order valence-electron chi connectivity index (χ3n) is 0.995. The van der Waals surface area contributed by atoms with E-state index >= 15 is 0 Å². The van der Waals surface area contributed by atoms with E-state index in [9.17, 15) is 4.79 Å². The van der Waals surface area contributed by atoms with E-state index < -0.39 is 5.91 Å². The minimum Gasteiger partial charge on any atom is -0.478 e. The normalized spacial score (nSPS) is 9.30. The molecular formula is C5H6N2O3. The van der Waals surface area contributed by atoms with Crippen molar-refractivity contribution in [2.24, 2.45) is 5.73 Å². The van der Waals surface area contributed by atoms with Crippen molar-refractivity contribution in [1.82, 2.24) is 5.16 Å². The molecule has 0 aliphatic rings. The average Bonchev–Trinajstić information content (AvgIpc) is 2.33. The fourth-order valence-electron chi connectivity index (χ4n) is 0.537. The second kappa shape index (κ2) is 2.38. The molecule has 0 saturated carbocycles. The summed E-state index contributed by atoms with van der Waals surface area (Å²) in [5.74, 6) is -0.495. The summed E-state index contributed by atoms with van der Waals surface area (Å²) in [7, 11) is 1.38. The zero-order chi connectivity index (χ0) is 7.56. The highest BCUT2D eigenvalue weighted by Gasteiger charge is 2.12. The number of primary amides is 1. The number of aromatic nitrogens is 1. The summed E-state index contributed by atoms with van der Waals surface area (Å²) in [5, 5.41) is 3.36. The van der Waals surface area contributed by atoms with E-state index in [0.29, 0.717) is 0 Å². The van der Waals surface area contributed by atoms with Gasteiger partial charge in [0.05, 0.1) is 7.11 Å². The molecule has 1 aromatic heterocycles. The summed E-state index contributed by atoms with van der Waals surface area (Å²) in [6.45, 7) is 0. The molecule has 0 saturated heterocycles. The van der Waals surface area contributed by atoms with Crippen molar-refractivity contribution in [3.63, 3.8) is 0 Å². The predicted octanol–water partition coefficient (Wildman–Crippen LogP) is -0.218. The van der Waals surface area contributed by atoms with Crippen LogP contribution in [-0.4, -0.2) is 18.2 Å². The Morgan fingerprint density at radius 1 is 1.90 bits per heavy atom. The van der Waals surface area contributed by atoms with E-state index in [-0.39, 0.29) is 11.4 Å². The molecule has 0 aliphatic heterocycles. The number of nitrogens with zero attached hydrogens (tertiary/aromatic N) is 1. The van der Waals surface area contributed by atoms with Gasteiger partial charge in [0.2, 0.25) is 0 Å². The van der Waals surface area contributed by atoms with Crippen LogP contribution in [0.25, 0.3) is 0 Å². The highest BCUT2D eigenvalue weighted by Crippen LogP contribution is 2.12. The van der Waals surface area contributed by atoms with E-state index in [0.717, 1.165) is 6.26 Å². The van der Waals surface area contributed by atoms with Crippen LogP contribution in [0.3, 0.4) is 0 Å². The maximum Gasteiger partial charge on any atom is 0.266 e. The van der Waals surface area contributed by atoms with Gasteiger partial charge < -0.3 is 15.0 Å². The smallest absolute Gasteiger partial charge is 0.266 e. The van der Waals surface area contributed by atoms with E-state index in [1.807, 2.05) is 0 Å². The second-order valence-corrected chi connectivity index (χ2v) is 1.60. The quantitative estimate of drug-likeness (QED) is 0.619. The van der Waals surface area contributed by atoms with Crippen molar-refractivity contribution in [1.29, 1.82) is 0 Å². The lowest BCUT2D eigenvalue weighted by molar-refractivity contribution is 0.0997.